The van der Waals surface area contributed by atoms with E-state index in [-0.39, 0.29) is 11.3 Å². The zero-order chi connectivity index (χ0) is 15.9. The largest absolute Gasteiger partial charge is 0.337 e. The molecule has 1 amide bonds. The highest BCUT2D eigenvalue weighted by atomic mass is 32.1. The Morgan fingerprint density at radius 2 is 2.32 bits per heavy atom. The molecule has 0 saturated carbocycles. The molecule has 1 fully saturated rings. The Kier molecular flexibility index (Phi) is 3.78. The summed E-state index contributed by atoms with van der Waals surface area (Å²) in [7, 11) is 1.87. The van der Waals surface area contributed by atoms with E-state index < -0.39 is 0 Å². The van der Waals surface area contributed by atoms with Crippen molar-refractivity contribution in [2.45, 2.75) is 20.3 Å². The minimum absolute atomic E-state index is 0.0421. The summed E-state index contributed by atoms with van der Waals surface area (Å²) in [4.78, 5) is 19.9. The molecule has 3 rings (SSSR count). The van der Waals surface area contributed by atoms with E-state index in [1.54, 1.807) is 10.9 Å². The quantitative estimate of drug-likeness (QED) is 0.933. The maximum atomic E-state index is 12.8. The van der Waals surface area contributed by atoms with Crippen LogP contribution in [0.5, 0.6) is 0 Å². The van der Waals surface area contributed by atoms with E-state index in [1.807, 2.05) is 25.1 Å². The molecule has 1 unspecified atom stereocenters. The monoisotopic (exact) mass is 319 g/mol. The van der Waals surface area contributed by atoms with Crippen molar-refractivity contribution >= 4 is 17.2 Å². The van der Waals surface area contributed by atoms with Gasteiger partial charge in [0.05, 0.1) is 11.9 Å². The molecule has 22 heavy (non-hydrogen) atoms. The lowest BCUT2D eigenvalue weighted by molar-refractivity contribution is 0.0780. The van der Waals surface area contributed by atoms with Crippen molar-refractivity contribution in [2.24, 2.45) is 18.2 Å². The van der Waals surface area contributed by atoms with Gasteiger partial charge in [0, 0.05) is 31.9 Å². The predicted octanol–water partition coefficient (Wildman–Crippen LogP) is 1.66. The minimum Gasteiger partial charge on any atom is -0.337 e. The summed E-state index contributed by atoms with van der Waals surface area (Å²) in [5, 5.41) is 5.00. The fourth-order valence-electron chi connectivity index (χ4n) is 2.76. The van der Waals surface area contributed by atoms with Gasteiger partial charge in [-0.3, -0.25) is 9.48 Å². The van der Waals surface area contributed by atoms with E-state index in [0.29, 0.717) is 6.54 Å². The van der Waals surface area contributed by atoms with Gasteiger partial charge in [-0.1, -0.05) is 6.92 Å². The third kappa shape index (κ3) is 2.66. The van der Waals surface area contributed by atoms with Crippen LogP contribution in [0, 0.1) is 12.3 Å². The fraction of sp³-hybridized carbons (Fsp3) is 0.533. The Morgan fingerprint density at radius 3 is 2.91 bits per heavy atom. The standard InChI is InChI=1S/C15H21N5OS/c1-10-12(14(21)20-5-4-15(2,8-16)9-20)22-13(18-10)11-6-17-19(3)7-11/h6-7H,4-5,8-9,16H2,1-3H3. The number of carbonyl (C=O) groups is 1. The van der Waals surface area contributed by atoms with Crippen molar-refractivity contribution in [3.05, 3.63) is 23.0 Å². The Balaban J connectivity index is 1.83. The first-order chi connectivity index (χ1) is 10.4. The van der Waals surface area contributed by atoms with Crippen LogP contribution in [0.2, 0.25) is 0 Å². The highest BCUT2D eigenvalue weighted by Crippen LogP contribution is 2.33. The van der Waals surface area contributed by atoms with Crippen LogP contribution in [-0.2, 0) is 7.05 Å². The molecule has 2 N–H and O–H groups in total. The summed E-state index contributed by atoms with van der Waals surface area (Å²) in [5.74, 6) is 0.0716. The summed E-state index contributed by atoms with van der Waals surface area (Å²) < 4.78 is 1.74. The average Bonchev–Trinajstić information content (AvgIpc) is 3.18. The summed E-state index contributed by atoms with van der Waals surface area (Å²) in [6, 6.07) is 0. The summed E-state index contributed by atoms with van der Waals surface area (Å²) in [6.45, 7) is 6.13. The van der Waals surface area contributed by atoms with Gasteiger partial charge in [-0.15, -0.1) is 11.3 Å². The smallest absolute Gasteiger partial charge is 0.265 e. The number of aromatic nitrogens is 3. The van der Waals surface area contributed by atoms with E-state index in [9.17, 15) is 4.79 Å². The Bertz CT molecular complexity index is 707. The van der Waals surface area contributed by atoms with E-state index in [0.717, 1.165) is 40.7 Å². The molecule has 0 radical (unpaired) electrons. The van der Waals surface area contributed by atoms with Gasteiger partial charge in [0.25, 0.3) is 5.91 Å². The molecule has 1 atom stereocenters. The molecule has 6 nitrogen and oxygen atoms in total. The Labute approximate surface area is 133 Å². The third-order valence-corrected chi connectivity index (χ3v) is 5.48. The van der Waals surface area contributed by atoms with E-state index in [1.165, 1.54) is 11.3 Å². The lowest BCUT2D eigenvalue weighted by Gasteiger charge is -2.22. The van der Waals surface area contributed by atoms with Gasteiger partial charge in [-0.25, -0.2) is 4.98 Å². The van der Waals surface area contributed by atoms with Crippen molar-refractivity contribution in [3.8, 4) is 10.6 Å². The molecule has 2 aromatic rings. The number of nitrogens with two attached hydrogens (primary N) is 1. The summed E-state index contributed by atoms with van der Waals surface area (Å²) in [6.07, 6.45) is 4.64. The number of likely N-dealkylation sites (tertiary alicyclic amines) is 1. The molecule has 0 spiro atoms. The van der Waals surface area contributed by atoms with Crippen LogP contribution in [0.25, 0.3) is 10.6 Å². The van der Waals surface area contributed by atoms with E-state index in [4.69, 9.17) is 5.73 Å². The number of hydrogen-bond acceptors (Lipinski definition) is 5. The number of thiazole rings is 1. The van der Waals surface area contributed by atoms with Crippen LogP contribution in [0.15, 0.2) is 12.4 Å². The first kappa shape index (κ1) is 15.2. The van der Waals surface area contributed by atoms with E-state index in [2.05, 4.69) is 17.0 Å². The molecule has 7 heteroatoms. The molecule has 118 valence electrons. The Hall–Kier alpha value is -1.73. The summed E-state index contributed by atoms with van der Waals surface area (Å²) >= 11 is 1.44. The van der Waals surface area contributed by atoms with Crippen LogP contribution >= 0.6 is 11.3 Å². The van der Waals surface area contributed by atoms with Crippen LogP contribution in [0.4, 0.5) is 0 Å². The van der Waals surface area contributed by atoms with Crippen LogP contribution in [0.3, 0.4) is 0 Å². The molecule has 3 heterocycles. The second kappa shape index (κ2) is 5.48. The average molecular weight is 319 g/mol. The van der Waals surface area contributed by atoms with Crippen molar-refractivity contribution in [1.29, 1.82) is 0 Å². The number of amides is 1. The number of carbonyl (C=O) groups excluding carboxylic acids is 1. The number of hydrogen-bond donors (Lipinski definition) is 1. The maximum Gasteiger partial charge on any atom is 0.265 e. The molecule has 1 aliphatic rings. The normalized spacial score (nSPS) is 21.5. The maximum absolute atomic E-state index is 12.8. The summed E-state index contributed by atoms with van der Waals surface area (Å²) in [5.41, 5.74) is 7.60. The highest BCUT2D eigenvalue weighted by Gasteiger charge is 2.36. The first-order valence-corrected chi connectivity index (χ1v) is 8.19. The second-order valence-corrected chi connectivity index (χ2v) is 7.33. The fourth-order valence-corrected chi connectivity index (χ4v) is 3.77. The van der Waals surface area contributed by atoms with Gasteiger partial charge >= 0.3 is 0 Å². The zero-order valence-corrected chi connectivity index (χ0v) is 14.0. The molecule has 1 saturated heterocycles. The van der Waals surface area contributed by atoms with Gasteiger partial charge < -0.3 is 10.6 Å². The molecule has 1 aliphatic heterocycles. The number of aryl methyl sites for hydroxylation is 2. The minimum atomic E-state index is 0.0421. The predicted molar refractivity (Wildman–Crippen MR) is 86.7 cm³/mol. The highest BCUT2D eigenvalue weighted by molar-refractivity contribution is 7.17. The van der Waals surface area contributed by atoms with Gasteiger partial charge in [0.2, 0.25) is 0 Å². The molecule has 2 aromatic heterocycles. The van der Waals surface area contributed by atoms with Gasteiger partial charge in [-0.2, -0.15) is 5.10 Å². The topological polar surface area (TPSA) is 77.0 Å². The third-order valence-electron chi connectivity index (χ3n) is 4.28. The van der Waals surface area contributed by atoms with Gasteiger partial charge in [0.1, 0.15) is 9.88 Å². The zero-order valence-electron chi connectivity index (χ0n) is 13.2. The molecular formula is C15H21N5OS. The molecule has 0 bridgehead atoms. The first-order valence-electron chi connectivity index (χ1n) is 7.38. The molecular weight excluding hydrogens is 298 g/mol. The van der Waals surface area contributed by atoms with Crippen LogP contribution < -0.4 is 5.73 Å². The lowest BCUT2D eigenvalue weighted by atomic mass is 9.90. The van der Waals surface area contributed by atoms with Gasteiger partial charge in [0.15, 0.2) is 0 Å². The van der Waals surface area contributed by atoms with Crippen LogP contribution in [0.1, 0.15) is 28.7 Å². The van der Waals surface area contributed by atoms with E-state index >= 15 is 0 Å². The van der Waals surface area contributed by atoms with Crippen LogP contribution in [-0.4, -0.2) is 45.2 Å². The lowest BCUT2D eigenvalue weighted by Crippen LogP contribution is -2.34. The van der Waals surface area contributed by atoms with Crippen molar-refractivity contribution in [1.82, 2.24) is 19.7 Å². The number of rotatable bonds is 3. The molecule has 0 aromatic carbocycles. The van der Waals surface area contributed by atoms with Gasteiger partial charge in [-0.05, 0) is 25.3 Å². The van der Waals surface area contributed by atoms with Crippen molar-refractivity contribution in [2.75, 3.05) is 19.6 Å². The Morgan fingerprint density at radius 1 is 1.55 bits per heavy atom. The van der Waals surface area contributed by atoms with Crippen molar-refractivity contribution < 1.29 is 4.79 Å². The second-order valence-electron chi connectivity index (χ2n) is 6.33. The van der Waals surface area contributed by atoms with Crippen molar-refractivity contribution in [3.63, 3.8) is 0 Å². The SMILES string of the molecule is Cc1nc(-c2cnn(C)c2)sc1C(=O)N1CCC(C)(CN)C1. The number of nitrogens with zero attached hydrogens (tertiary/aromatic N) is 4. The molecule has 0 aliphatic carbocycles.